The first-order chi connectivity index (χ1) is 10.9. The zero-order valence-corrected chi connectivity index (χ0v) is 13.8. The van der Waals surface area contributed by atoms with E-state index < -0.39 is 10.0 Å². The average Bonchev–Trinajstić information content (AvgIpc) is 3.00. The van der Waals surface area contributed by atoms with Crippen molar-refractivity contribution in [2.24, 2.45) is 5.92 Å². The molecule has 1 atom stereocenters. The predicted octanol–water partition coefficient (Wildman–Crippen LogP) is 0.736. The summed E-state index contributed by atoms with van der Waals surface area (Å²) in [5.41, 5.74) is 1.34. The van der Waals surface area contributed by atoms with Crippen LogP contribution >= 0.6 is 0 Å². The number of pyridine rings is 1. The van der Waals surface area contributed by atoms with Gasteiger partial charge in [-0.15, -0.1) is 0 Å². The molecule has 124 valence electrons. The number of hydrogen-bond donors (Lipinski definition) is 1. The summed E-state index contributed by atoms with van der Waals surface area (Å²) in [4.78, 5) is 12.4. The summed E-state index contributed by atoms with van der Waals surface area (Å²) in [6.07, 6.45) is 4.62. The van der Waals surface area contributed by atoms with Gasteiger partial charge in [-0.05, 0) is 37.0 Å². The molecule has 1 fully saturated rings. The molecule has 1 aliphatic heterocycles. The van der Waals surface area contributed by atoms with Crippen LogP contribution < -0.4 is 5.32 Å². The molecular formula is C15H20N4O3S. The summed E-state index contributed by atoms with van der Waals surface area (Å²) >= 11 is 0. The van der Waals surface area contributed by atoms with E-state index in [0.717, 1.165) is 18.4 Å². The van der Waals surface area contributed by atoms with Crippen LogP contribution in [-0.2, 0) is 10.0 Å². The molecule has 3 heterocycles. The molecular weight excluding hydrogens is 316 g/mol. The number of nitrogens with one attached hydrogen (secondary N) is 1. The number of aromatic nitrogens is 2. The summed E-state index contributed by atoms with van der Waals surface area (Å²) in [5.74, 6) is -0.0602. The van der Waals surface area contributed by atoms with E-state index in [1.54, 1.807) is 16.8 Å². The molecule has 8 heteroatoms. The zero-order valence-electron chi connectivity index (χ0n) is 13.0. The van der Waals surface area contributed by atoms with Gasteiger partial charge in [0.15, 0.2) is 0 Å². The Morgan fingerprint density at radius 2 is 2.22 bits per heavy atom. The number of carbonyl (C=O) groups excluding carboxylic acids is 1. The van der Waals surface area contributed by atoms with Crippen molar-refractivity contribution in [3.05, 3.63) is 36.2 Å². The minimum Gasteiger partial charge on any atom is -0.350 e. The van der Waals surface area contributed by atoms with Crippen LogP contribution in [0.4, 0.5) is 0 Å². The second kappa shape index (κ2) is 6.29. The number of hydrogen-bond acceptors (Lipinski definition) is 4. The van der Waals surface area contributed by atoms with E-state index in [1.165, 1.54) is 10.6 Å². The molecule has 1 N–H and O–H groups in total. The Morgan fingerprint density at radius 3 is 3.00 bits per heavy atom. The number of sulfonamides is 1. The van der Waals surface area contributed by atoms with Crippen LogP contribution in [-0.4, -0.2) is 54.1 Å². The highest BCUT2D eigenvalue weighted by Crippen LogP contribution is 2.18. The smallest absolute Gasteiger partial charge is 0.269 e. The lowest BCUT2D eigenvalue weighted by Gasteiger charge is -2.30. The van der Waals surface area contributed by atoms with Gasteiger partial charge in [-0.2, -0.15) is 5.10 Å². The van der Waals surface area contributed by atoms with Gasteiger partial charge in [0, 0.05) is 19.6 Å². The van der Waals surface area contributed by atoms with Crippen molar-refractivity contribution in [3.63, 3.8) is 0 Å². The van der Waals surface area contributed by atoms with E-state index in [0.29, 0.717) is 25.3 Å². The third-order valence-corrected chi connectivity index (χ3v) is 5.43. The van der Waals surface area contributed by atoms with Gasteiger partial charge < -0.3 is 5.32 Å². The van der Waals surface area contributed by atoms with Crippen molar-refractivity contribution in [2.45, 2.75) is 12.8 Å². The third kappa shape index (κ3) is 3.53. The molecule has 0 saturated carbocycles. The lowest BCUT2D eigenvalue weighted by Crippen LogP contribution is -2.43. The molecule has 7 nitrogen and oxygen atoms in total. The maximum absolute atomic E-state index is 12.4. The topological polar surface area (TPSA) is 83.8 Å². The number of carbonyl (C=O) groups is 1. The molecule has 1 aliphatic rings. The summed E-state index contributed by atoms with van der Waals surface area (Å²) < 4.78 is 26.4. The molecule has 2 aromatic rings. The Labute approximate surface area is 135 Å². The van der Waals surface area contributed by atoms with E-state index in [2.05, 4.69) is 10.4 Å². The van der Waals surface area contributed by atoms with Crippen molar-refractivity contribution < 1.29 is 13.2 Å². The summed E-state index contributed by atoms with van der Waals surface area (Å²) in [6.45, 7) is 1.49. The zero-order chi connectivity index (χ0) is 16.4. The van der Waals surface area contributed by atoms with E-state index in [-0.39, 0.29) is 11.8 Å². The largest absolute Gasteiger partial charge is 0.350 e. The maximum atomic E-state index is 12.4. The van der Waals surface area contributed by atoms with Gasteiger partial charge in [-0.25, -0.2) is 17.2 Å². The number of fused-ring (bicyclic) bond motifs is 1. The molecule has 0 spiro atoms. The van der Waals surface area contributed by atoms with Crippen molar-refractivity contribution in [3.8, 4) is 0 Å². The highest BCUT2D eigenvalue weighted by molar-refractivity contribution is 7.88. The third-order valence-electron chi connectivity index (χ3n) is 4.16. The first-order valence-electron chi connectivity index (χ1n) is 7.61. The fraction of sp³-hybridized carbons (Fsp3) is 0.467. The lowest BCUT2D eigenvalue weighted by atomic mass is 10.00. The molecule has 1 amide bonds. The normalized spacial score (nSPS) is 19.8. The number of amides is 1. The Balaban J connectivity index is 1.64. The van der Waals surface area contributed by atoms with Crippen LogP contribution in [0.5, 0.6) is 0 Å². The van der Waals surface area contributed by atoms with Gasteiger partial charge in [0.1, 0.15) is 5.69 Å². The quantitative estimate of drug-likeness (QED) is 0.892. The van der Waals surface area contributed by atoms with Crippen LogP contribution in [0.2, 0.25) is 0 Å². The standard InChI is InChI=1S/C15H20N4O3S/c1-23(21,22)18-9-3-4-12(11-18)10-16-15(20)14-6-2-5-13-7-8-17-19(13)14/h2,5-8,12H,3-4,9-11H2,1H3,(H,16,20). The van der Waals surface area contributed by atoms with Gasteiger partial charge in [-0.3, -0.25) is 4.79 Å². The highest BCUT2D eigenvalue weighted by atomic mass is 32.2. The fourth-order valence-corrected chi connectivity index (χ4v) is 3.89. The lowest BCUT2D eigenvalue weighted by molar-refractivity contribution is 0.0934. The van der Waals surface area contributed by atoms with E-state index in [4.69, 9.17) is 0 Å². The van der Waals surface area contributed by atoms with Crippen molar-refractivity contribution in [1.82, 2.24) is 19.2 Å². The molecule has 2 aromatic heterocycles. The Hall–Kier alpha value is -1.93. The van der Waals surface area contributed by atoms with Gasteiger partial charge in [-0.1, -0.05) is 6.07 Å². The monoisotopic (exact) mass is 336 g/mol. The number of rotatable bonds is 4. The molecule has 1 saturated heterocycles. The van der Waals surface area contributed by atoms with E-state index in [1.807, 2.05) is 18.2 Å². The summed E-state index contributed by atoms with van der Waals surface area (Å²) in [5, 5.41) is 7.05. The SMILES string of the molecule is CS(=O)(=O)N1CCCC(CNC(=O)c2cccc3ccnn23)C1. The molecule has 0 aliphatic carbocycles. The maximum Gasteiger partial charge on any atom is 0.269 e. The Bertz CT molecular complexity index is 815. The number of piperidine rings is 1. The first-order valence-corrected chi connectivity index (χ1v) is 9.46. The van der Waals surface area contributed by atoms with E-state index >= 15 is 0 Å². The van der Waals surface area contributed by atoms with Gasteiger partial charge in [0.05, 0.1) is 18.0 Å². The van der Waals surface area contributed by atoms with Crippen molar-refractivity contribution in [2.75, 3.05) is 25.9 Å². The predicted molar refractivity (Wildman–Crippen MR) is 86.7 cm³/mol. The molecule has 0 bridgehead atoms. The van der Waals surface area contributed by atoms with Gasteiger partial charge in [0.25, 0.3) is 5.91 Å². The average molecular weight is 336 g/mol. The minimum atomic E-state index is -3.16. The summed E-state index contributed by atoms with van der Waals surface area (Å²) in [7, 11) is -3.16. The summed E-state index contributed by atoms with van der Waals surface area (Å²) in [6, 6.07) is 7.26. The number of nitrogens with zero attached hydrogens (tertiary/aromatic N) is 3. The van der Waals surface area contributed by atoms with E-state index in [9.17, 15) is 13.2 Å². The van der Waals surface area contributed by atoms with Gasteiger partial charge in [0.2, 0.25) is 10.0 Å². The van der Waals surface area contributed by atoms with Gasteiger partial charge >= 0.3 is 0 Å². The molecule has 0 radical (unpaired) electrons. The second-order valence-corrected chi connectivity index (χ2v) is 7.90. The Morgan fingerprint density at radius 1 is 1.39 bits per heavy atom. The second-order valence-electron chi connectivity index (χ2n) is 5.92. The van der Waals surface area contributed by atoms with Crippen LogP contribution in [0.1, 0.15) is 23.3 Å². The minimum absolute atomic E-state index is 0.138. The Kier molecular flexibility index (Phi) is 4.36. The molecule has 23 heavy (non-hydrogen) atoms. The van der Waals surface area contributed by atoms with Crippen LogP contribution in [0, 0.1) is 5.92 Å². The molecule has 0 aromatic carbocycles. The van der Waals surface area contributed by atoms with Crippen LogP contribution in [0.15, 0.2) is 30.5 Å². The molecule has 3 rings (SSSR count). The first kappa shape index (κ1) is 15.9. The highest BCUT2D eigenvalue weighted by Gasteiger charge is 2.26. The van der Waals surface area contributed by atoms with Crippen molar-refractivity contribution in [1.29, 1.82) is 0 Å². The van der Waals surface area contributed by atoms with Crippen LogP contribution in [0.3, 0.4) is 0 Å². The van der Waals surface area contributed by atoms with Crippen LogP contribution in [0.25, 0.3) is 5.52 Å². The van der Waals surface area contributed by atoms with Crippen molar-refractivity contribution >= 4 is 21.4 Å². The molecule has 1 unspecified atom stereocenters. The fourth-order valence-electron chi connectivity index (χ4n) is 2.94.